The van der Waals surface area contributed by atoms with Crippen molar-refractivity contribution in [3.05, 3.63) is 54.1 Å². The van der Waals surface area contributed by atoms with Gasteiger partial charge in [0.1, 0.15) is 5.82 Å². The van der Waals surface area contributed by atoms with Gasteiger partial charge < -0.3 is 20.9 Å². The van der Waals surface area contributed by atoms with Gasteiger partial charge in [0.05, 0.1) is 5.52 Å². The summed E-state index contributed by atoms with van der Waals surface area (Å²) >= 11 is 0. The highest BCUT2D eigenvalue weighted by Crippen LogP contribution is 2.26. The normalized spacial score (nSPS) is 18.4. The largest absolute Gasteiger partial charge is 0.362 e. The van der Waals surface area contributed by atoms with Gasteiger partial charge in [-0.05, 0) is 62.4 Å². The van der Waals surface area contributed by atoms with Crippen molar-refractivity contribution in [2.45, 2.75) is 44.7 Å². The van der Waals surface area contributed by atoms with Gasteiger partial charge in [-0.2, -0.15) is 4.98 Å². The van der Waals surface area contributed by atoms with E-state index in [0.717, 1.165) is 53.7 Å². The number of para-hydroxylation sites is 1. The van der Waals surface area contributed by atoms with Gasteiger partial charge in [0.25, 0.3) is 0 Å². The molecule has 1 aliphatic carbocycles. The van der Waals surface area contributed by atoms with E-state index in [2.05, 4.69) is 16.0 Å². The summed E-state index contributed by atoms with van der Waals surface area (Å²) in [6, 6.07) is 16.2. The minimum absolute atomic E-state index is 0.143. The van der Waals surface area contributed by atoms with Gasteiger partial charge in [-0.3, -0.25) is 0 Å². The Bertz CT molecular complexity index is 1060. The Morgan fingerprint density at radius 1 is 0.968 bits per heavy atom. The first kappa shape index (κ1) is 20.9. The molecule has 162 valence electrons. The third-order valence-corrected chi connectivity index (χ3v) is 5.68. The van der Waals surface area contributed by atoms with Gasteiger partial charge in [0, 0.05) is 37.3 Å². The lowest BCUT2D eigenvalue weighted by molar-refractivity contribution is 0.243. The molecule has 7 nitrogen and oxygen atoms in total. The first-order valence-corrected chi connectivity index (χ1v) is 10.8. The Labute approximate surface area is 183 Å². The third-order valence-electron chi connectivity index (χ3n) is 5.68. The Balaban J connectivity index is 1.32. The maximum atomic E-state index is 12.3. The first-order chi connectivity index (χ1) is 15.0. The minimum atomic E-state index is -0.143. The van der Waals surface area contributed by atoms with E-state index >= 15 is 0 Å². The third kappa shape index (κ3) is 5.23. The summed E-state index contributed by atoms with van der Waals surface area (Å²) in [4.78, 5) is 23.8. The Morgan fingerprint density at radius 2 is 1.71 bits per heavy atom. The van der Waals surface area contributed by atoms with Crippen LogP contribution >= 0.6 is 0 Å². The molecule has 0 saturated heterocycles. The molecule has 1 aromatic heterocycles. The number of nitrogens with one attached hydrogen (secondary N) is 3. The highest BCUT2D eigenvalue weighted by Gasteiger charge is 2.23. The van der Waals surface area contributed by atoms with Crippen molar-refractivity contribution in [3.8, 4) is 0 Å². The van der Waals surface area contributed by atoms with Crippen LogP contribution in [-0.2, 0) is 0 Å². The summed E-state index contributed by atoms with van der Waals surface area (Å²) in [5.74, 6) is 1.58. The lowest BCUT2D eigenvalue weighted by Gasteiger charge is -2.30. The molecule has 0 atom stereocenters. The van der Waals surface area contributed by atoms with E-state index in [-0.39, 0.29) is 12.1 Å². The number of nitrogens with zero attached hydrogens (tertiary/aromatic N) is 3. The molecule has 7 heteroatoms. The van der Waals surface area contributed by atoms with Gasteiger partial charge in [0.15, 0.2) is 0 Å². The molecular weight excluding hydrogens is 388 g/mol. The van der Waals surface area contributed by atoms with Crippen LogP contribution in [0.4, 0.5) is 22.2 Å². The quantitative estimate of drug-likeness (QED) is 0.566. The monoisotopic (exact) mass is 418 g/mol. The van der Waals surface area contributed by atoms with Crippen LogP contribution in [0.1, 0.15) is 31.2 Å². The SMILES string of the molecule is Cc1cccc(NC(=O)NC2CCC(Nc3nc(N(C)C)c4ccccc4n3)CC2)c1. The summed E-state index contributed by atoms with van der Waals surface area (Å²) in [6.07, 6.45) is 3.77. The second kappa shape index (κ2) is 9.20. The van der Waals surface area contributed by atoms with E-state index in [9.17, 15) is 4.79 Å². The van der Waals surface area contributed by atoms with E-state index in [1.165, 1.54) is 0 Å². The van der Waals surface area contributed by atoms with Gasteiger partial charge in [-0.25, -0.2) is 9.78 Å². The van der Waals surface area contributed by atoms with Gasteiger partial charge in [0.2, 0.25) is 5.95 Å². The van der Waals surface area contributed by atoms with E-state index in [1.54, 1.807) is 0 Å². The molecule has 0 spiro atoms. The molecule has 1 aliphatic rings. The van der Waals surface area contributed by atoms with Crippen molar-refractivity contribution in [3.63, 3.8) is 0 Å². The number of hydrogen-bond acceptors (Lipinski definition) is 5. The van der Waals surface area contributed by atoms with Gasteiger partial charge in [-0.15, -0.1) is 0 Å². The summed E-state index contributed by atoms with van der Waals surface area (Å²) in [7, 11) is 3.99. The number of hydrogen-bond donors (Lipinski definition) is 3. The van der Waals surface area contributed by atoms with E-state index in [4.69, 9.17) is 9.97 Å². The Kier molecular flexibility index (Phi) is 6.21. The standard InChI is InChI=1S/C24H30N6O/c1-16-7-6-8-19(15-16)27-24(31)26-18-13-11-17(12-14-18)25-23-28-21-10-5-4-9-20(21)22(29-23)30(2)3/h4-10,15,17-18H,11-14H2,1-3H3,(H,25,28,29)(H2,26,27,31). The zero-order valence-electron chi connectivity index (χ0n) is 18.4. The van der Waals surface area contributed by atoms with Crippen LogP contribution in [0, 0.1) is 6.92 Å². The fraction of sp³-hybridized carbons (Fsp3) is 0.375. The molecule has 4 rings (SSSR count). The zero-order chi connectivity index (χ0) is 21.8. The number of rotatable bonds is 5. The Morgan fingerprint density at radius 3 is 2.45 bits per heavy atom. The number of carbonyl (C=O) groups is 1. The van der Waals surface area contributed by atoms with Crippen molar-refractivity contribution in [1.82, 2.24) is 15.3 Å². The molecule has 0 unspecified atom stereocenters. The average Bonchev–Trinajstić information content (AvgIpc) is 2.74. The predicted octanol–water partition coefficient (Wildman–Crippen LogP) is 4.55. The molecule has 2 amide bonds. The molecule has 3 aromatic rings. The number of aryl methyl sites for hydroxylation is 1. The molecule has 1 heterocycles. The van der Waals surface area contributed by atoms with Crippen LogP contribution in [0.25, 0.3) is 10.9 Å². The van der Waals surface area contributed by atoms with Crippen LogP contribution in [0.3, 0.4) is 0 Å². The molecule has 0 radical (unpaired) electrons. The molecular formula is C24H30N6O. The van der Waals surface area contributed by atoms with E-state index < -0.39 is 0 Å². The number of fused-ring (bicyclic) bond motifs is 1. The number of benzene rings is 2. The Hall–Kier alpha value is -3.35. The summed E-state index contributed by atoms with van der Waals surface area (Å²) < 4.78 is 0. The average molecular weight is 419 g/mol. The van der Waals surface area contributed by atoms with Gasteiger partial charge in [-0.1, -0.05) is 24.3 Å². The number of amides is 2. The van der Waals surface area contributed by atoms with E-state index in [0.29, 0.717) is 12.0 Å². The van der Waals surface area contributed by atoms with Crippen molar-refractivity contribution in [2.75, 3.05) is 29.6 Å². The molecule has 3 N–H and O–H groups in total. The minimum Gasteiger partial charge on any atom is -0.362 e. The van der Waals surface area contributed by atoms with Crippen LogP contribution in [0.5, 0.6) is 0 Å². The van der Waals surface area contributed by atoms with Crippen LogP contribution in [0.2, 0.25) is 0 Å². The molecule has 2 aromatic carbocycles. The lowest BCUT2D eigenvalue weighted by atomic mass is 9.91. The smallest absolute Gasteiger partial charge is 0.319 e. The molecule has 31 heavy (non-hydrogen) atoms. The second-order valence-electron chi connectivity index (χ2n) is 8.44. The van der Waals surface area contributed by atoms with Crippen molar-refractivity contribution >= 4 is 34.4 Å². The molecule has 1 fully saturated rings. The maximum Gasteiger partial charge on any atom is 0.319 e. The van der Waals surface area contributed by atoms with E-state index in [1.807, 2.05) is 74.4 Å². The summed E-state index contributed by atoms with van der Waals surface area (Å²) in [5.41, 5.74) is 2.88. The topological polar surface area (TPSA) is 82.2 Å². The number of anilines is 3. The number of urea groups is 1. The van der Waals surface area contributed by atoms with Crippen LogP contribution < -0.4 is 20.9 Å². The summed E-state index contributed by atoms with van der Waals surface area (Å²) in [5, 5.41) is 10.6. The highest BCUT2D eigenvalue weighted by atomic mass is 16.2. The maximum absolute atomic E-state index is 12.3. The molecule has 0 bridgehead atoms. The highest BCUT2D eigenvalue weighted by molar-refractivity contribution is 5.90. The van der Waals surface area contributed by atoms with Crippen molar-refractivity contribution in [1.29, 1.82) is 0 Å². The van der Waals surface area contributed by atoms with Gasteiger partial charge >= 0.3 is 6.03 Å². The molecule has 1 saturated carbocycles. The zero-order valence-corrected chi connectivity index (χ0v) is 18.4. The fourth-order valence-electron chi connectivity index (χ4n) is 4.11. The number of aromatic nitrogens is 2. The molecule has 0 aliphatic heterocycles. The first-order valence-electron chi connectivity index (χ1n) is 10.8. The lowest BCUT2D eigenvalue weighted by Crippen LogP contribution is -2.42. The fourth-order valence-corrected chi connectivity index (χ4v) is 4.11. The van der Waals surface area contributed by atoms with Crippen molar-refractivity contribution < 1.29 is 4.79 Å². The van der Waals surface area contributed by atoms with Crippen LogP contribution in [0.15, 0.2) is 48.5 Å². The second-order valence-corrected chi connectivity index (χ2v) is 8.44. The van der Waals surface area contributed by atoms with Crippen molar-refractivity contribution in [2.24, 2.45) is 0 Å². The predicted molar refractivity (Wildman–Crippen MR) is 127 cm³/mol. The number of carbonyl (C=O) groups excluding carboxylic acids is 1. The summed E-state index contributed by atoms with van der Waals surface area (Å²) in [6.45, 7) is 2.01. The van der Waals surface area contributed by atoms with Crippen LogP contribution in [-0.4, -0.2) is 42.2 Å².